The molecular weight excluding hydrogens is 290 g/mol. The molecule has 0 aliphatic heterocycles. The molecule has 0 amide bonds. The highest BCUT2D eigenvalue weighted by Gasteiger charge is 2.02. The Bertz CT molecular complexity index is 566. The van der Waals surface area contributed by atoms with Gasteiger partial charge in [-0.3, -0.25) is 0 Å². The highest BCUT2D eigenvalue weighted by Crippen LogP contribution is 2.23. The van der Waals surface area contributed by atoms with Gasteiger partial charge in [0, 0.05) is 10.2 Å². The van der Waals surface area contributed by atoms with Crippen LogP contribution in [0.15, 0.2) is 40.9 Å². The average molecular weight is 306 g/mol. The van der Waals surface area contributed by atoms with E-state index in [9.17, 15) is 0 Å². The fourth-order valence-electron chi connectivity index (χ4n) is 1.81. The number of anilines is 1. The quantitative estimate of drug-likeness (QED) is 0.861. The predicted molar refractivity (Wildman–Crippen MR) is 78.8 cm³/mol. The topological polar surface area (TPSA) is 35.2 Å². The van der Waals surface area contributed by atoms with Gasteiger partial charge < -0.3 is 10.5 Å². The summed E-state index contributed by atoms with van der Waals surface area (Å²) in [6.45, 7) is 4.66. The largest absolute Gasteiger partial charge is 0.489 e. The van der Waals surface area contributed by atoms with Crippen molar-refractivity contribution in [1.82, 2.24) is 0 Å². The van der Waals surface area contributed by atoms with Crippen LogP contribution in [0.4, 0.5) is 5.69 Å². The molecule has 0 spiro atoms. The Hall–Kier alpha value is -1.48. The first-order valence-electron chi connectivity index (χ1n) is 5.80. The third kappa shape index (κ3) is 3.05. The predicted octanol–water partition coefficient (Wildman–Crippen LogP) is 4.23. The molecule has 0 fully saturated rings. The first-order chi connectivity index (χ1) is 8.56. The Kier molecular flexibility index (Phi) is 3.92. The van der Waals surface area contributed by atoms with Gasteiger partial charge in [0.25, 0.3) is 0 Å². The Morgan fingerprint density at radius 1 is 1.11 bits per heavy atom. The van der Waals surface area contributed by atoms with Gasteiger partial charge in [-0.05, 0) is 59.1 Å². The molecule has 0 unspecified atom stereocenters. The van der Waals surface area contributed by atoms with Gasteiger partial charge in [0.05, 0.1) is 0 Å². The van der Waals surface area contributed by atoms with Crippen LogP contribution in [-0.2, 0) is 6.61 Å². The van der Waals surface area contributed by atoms with Gasteiger partial charge >= 0.3 is 0 Å². The summed E-state index contributed by atoms with van der Waals surface area (Å²) in [6, 6.07) is 12.0. The zero-order chi connectivity index (χ0) is 13.1. The standard InChI is InChI=1S/C15H16BrNO/c1-10-3-6-15(11(2)7-10)18-9-12-4-5-13(16)14(17)8-12/h3-8H,9,17H2,1-2H3. The van der Waals surface area contributed by atoms with Crippen molar-refractivity contribution in [3.63, 3.8) is 0 Å². The number of rotatable bonds is 3. The average Bonchev–Trinajstić information content (AvgIpc) is 2.32. The normalized spacial score (nSPS) is 10.4. The summed E-state index contributed by atoms with van der Waals surface area (Å²) in [5.74, 6) is 0.919. The molecule has 2 aromatic carbocycles. The second-order valence-corrected chi connectivity index (χ2v) is 5.27. The third-order valence-electron chi connectivity index (χ3n) is 2.79. The Balaban J connectivity index is 2.09. The monoisotopic (exact) mass is 305 g/mol. The third-order valence-corrected chi connectivity index (χ3v) is 3.51. The van der Waals surface area contributed by atoms with E-state index in [1.165, 1.54) is 5.56 Å². The van der Waals surface area contributed by atoms with Crippen molar-refractivity contribution in [1.29, 1.82) is 0 Å². The van der Waals surface area contributed by atoms with Crippen LogP contribution in [0.3, 0.4) is 0 Å². The summed E-state index contributed by atoms with van der Waals surface area (Å²) in [5, 5.41) is 0. The van der Waals surface area contributed by atoms with Crippen LogP contribution in [0.2, 0.25) is 0 Å². The molecule has 2 aromatic rings. The van der Waals surface area contributed by atoms with Crippen LogP contribution in [-0.4, -0.2) is 0 Å². The van der Waals surface area contributed by atoms with Crippen molar-refractivity contribution in [3.8, 4) is 5.75 Å². The second kappa shape index (κ2) is 5.44. The van der Waals surface area contributed by atoms with E-state index in [1.807, 2.05) is 24.3 Å². The molecule has 0 aliphatic rings. The molecule has 0 aromatic heterocycles. The van der Waals surface area contributed by atoms with E-state index < -0.39 is 0 Å². The van der Waals surface area contributed by atoms with Gasteiger partial charge in [-0.15, -0.1) is 0 Å². The fraction of sp³-hybridized carbons (Fsp3) is 0.200. The molecule has 18 heavy (non-hydrogen) atoms. The summed E-state index contributed by atoms with van der Waals surface area (Å²) in [5.41, 5.74) is 10.0. The molecule has 2 rings (SSSR count). The maximum Gasteiger partial charge on any atom is 0.122 e. The smallest absolute Gasteiger partial charge is 0.122 e. The van der Waals surface area contributed by atoms with Crippen LogP contribution in [0.1, 0.15) is 16.7 Å². The SMILES string of the molecule is Cc1ccc(OCc2ccc(Br)c(N)c2)c(C)c1. The van der Waals surface area contributed by atoms with Crippen LogP contribution in [0.5, 0.6) is 5.75 Å². The van der Waals surface area contributed by atoms with Gasteiger partial charge in [-0.1, -0.05) is 23.8 Å². The van der Waals surface area contributed by atoms with Crippen LogP contribution in [0, 0.1) is 13.8 Å². The number of hydrogen-bond donors (Lipinski definition) is 1. The van der Waals surface area contributed by atoms with Gasteiger partial charge in [-0.2, -0.15) is 0 Å². The molecule has 0 radical (unpaired) electrons. The fourth-order valence-corrected chi connectivity index (χ4v) is 2.05. The molecule has 3 heteroatoms. The van der Waals surface area contributed by atoms with Crippen molar-refractivity contribution in [2.24, 2.45) is 0 Å². The lowest BCUT2D eigenvalue weighted by Gasteiger charge is -2.10. The van der Waals surface area contributed by atoms with E-state index in [1.54, 1.807) is 0 Å². The lowest BCUT2D eigenvalue weighted by atomic mass is 10.1. The van der Waals surface area contributed by atoms with E-state index in [0.717, 1.165) is 27.0 Å². The minimum absolute atomic E-state index is 0.529. The first-order valence-corrected chi connectivity index (χ1v) is 6.59. The zero-order valence-electron chi connectivity index (χ0n) is 10.5. The van der Waals surface area contributed by atoms with Crippen molar-refractivity contribution < 1.29 is 4.74 Å². The van der Waals surface area contributed by atoms with Crippen LogP contribution < -0.4 is 10.5 Å². The number of benzene rings is 2. The van der Waals surface area contributed by atoms with Crippen molar-refractivity contribution in [2.75, 3.05) is 5.73 Å². The summed E-state index contributed by atoms with van der Waals surface area (Å²) in [7, 11) is 0. The van der Waals surface area contributed by atoms with E-state index >= 15 is 0 Å². The first kappa shape index (κ1) is 13.0. The lowest BCUT2D eigenvalue weighted by molar-refractivity contribution is 0.304. The number of aryl methyl sites for hydroxylation is 2. The molecule has 0 saturated heterocycles. The molecule has 94 valence electrons. The summed E-state index contributed by atoms with van der Waals surface area (Å²) >= 11 is 3.38. The molecule has 0 atom stereocenters. The van der Waals surface area contributed by atoms with Gasteiger partial charge in [0.1, 0.15) is 12.4 Å². The molecule has 0 aliphatic carbocycles. The minimum Gasteiger partial charge on any atom is -0.489 e. The molecule has 0 bridgehead atoms. The van der Waals surface area contributed by atoms with Crippen LogP contribution >= 0.6 is 15.9 Å². The Morgan fingerprint density at radius 2 is 1.89 bits per heavy atom. The highest BCUT2D eigenvalue weighted by molar-refractivity contribution is 9.10. The summed E-state index contributed by atoms with van der Waals surface area (Å²) in [4.78, 5) is 0. The number of halogens is 1. The Morgan fingerprint density at radius 3 is 2.56 bits per heavy atom. The molecule has 0 heterocycles. The number of hydrogen-bond acceptors (Lipinski definition) is 2. The van der Waals surface area contributed by atoms with E-state index in [-0.39, 0.29) is 0 Å². The number of nitrogens with two attached hydrogens (primary N) is 1. The molecule has 2 N–H and O–H groups in total. The zero-order valence-corrected chi connectivity index (χ0v) is 12.1. The molecule has 0 saturated carbocycles. The maximum atomic E-state index is 5.84. The molecular formula is C15H16BrNO. The summed E-state index contributed by atoms with van der Waals surface area (Å²) < 4.78 is 6.72. The van der Waals surface area contributed by atoms with Crippen LogP contribution in [0.25, 0.3) is 0 Å². The van der Waals surface area contributed by atoms with E-state index in [4.69, 9.17) is 10.5 Å². The summed E-state index contributed by atoms with van der Waals surface area (Å²) in [6.07, 6.45) is 0. The maximum absolute atomic E-state index is 5.84. The number of nitrogen functional groups attached to an aromatic ring is 1. The lowest BCUT2D eigenvalue weighted by Crippen LogP contribution is -1.98. The van der Waals surface area contributed by atoms with E-state index in [0.29, 0.717) is 6.61 Å². The number of ether oxygens (including phenoxy) is 1. The second-order valence-electron chi connectivity index (χ2n) is 4.41. The molecule has 2 nitrogen and oxygen atoms in total. The van der Waals surface area contributed by atoms with Gasteiger partial charge in [0.2, 0.25) is 0 Å². The highest BCUT2D eigenvalue weighted by atomic mass is 79.9. The van der Waals surface area contributed by atoms with Crippen molar-refractivity contribution >= 4 is 21.6 Å². The minimum atomic E-state index is 0.529. The van der Waals surface area contributed by atoms with Gasteiger partial charge in [0.15, 0.2) is 0 Å². The van der Waals surface area contributed by atoms with Gasteiger partial charge in [-0.25, -0.2) is 0 Å². The Labute approximate surface area is 116 Å². The van der Waals surface area contributed by atoms with E-state index in [2.05, 4.69) is 41.9 Å². The van der Waals surface area contributed by atoms with Crippen molar-refractivity contribution in [3.05, 3.63) is 57.6 Å². The van der Waals surface area contributed by atoms with Crippen molar-refractivity contribution in [2.45, 2.75) is 20.5 Å².